The predicted octanol–water partition coefficient (Wildman–Crippen LogP) is 5.03. The number of hydrogen-bond donors (Lipinski definition) is 0. The number of pyridine rings is 2. The molecule has 0 aliphatic rings. The Kier molecular flexibility index (Phi) is 6.37. The molecule has 0 aliphatic heterocycles. The smallest absolute Gasteiger partial charge is 0.0431 e. The van der Waals surface area contributed by atoms with Crippen LogP contribution in [0.4, 0.5) is 0 Å². The molecule has 20 heavy (non-hydrogen) atoms. The van der Waals surface area contributed by atoms with E-state index in [1.807, 2.05) is 18.5 Å². The molecule has 2 rings (SSSR count). The van der Waals surface area contributed by atoms with E-state index in [0.29, 0.717) is 11.8 Å². The van der Waals surface area contributed by atoms with Gasteiger partial charge in [0.1, 0.15) is 0 Å². The summed E-state index contributed by atoms with van der Waals surface area (Å²) in [5, 5.41) is 0. The fraction of sp³-hybridized carbons (Fsp3) is 0.444. The summed E-state index contributed by atoms with van der Waals surface area (Å²) in [5.74, 6) is 1.08. The molecular formula is C18H26N2. The lowest BCUT2D eigenvalue weighted by Gasteiger charge is -2.03. The SMILES string of the molecule is Cc1ccc(C(C)C)nc1.Cc1ccnc(C(C)C)c1. The maximum atomic E-state index is 4.28. The van der Waals surface area contributed by atoms with Crippen molar-refractivity contribution >= 4 is 0 Å². The summed E-state index contributed by atoms with van der Waals surface area (Å²) in [6.07, 6.45) is 3.78. The van der Waals surface area contributed by atoms with Gasteiger partial charge in [-0.2, -0.15) is 0 Å². The van der Waals surface area contributed by atoms with E-state index in [2.05, 4.69) is 69.7 Å². The van der Waals surface area contributed by atoms with E-state index in [-0.39, 0.29) is 0 Å². The molecule has 0 N–H and O–H groups in total. The molecule has 0 atom stereocenters. The van der Waals surface area contributed by atoms with Gasteiger partial charge in [0.25, 0.3) is 0 Å². The quantitative estimate of drug-likeness (QED) is 0.765. The Morgan fingerprint density at radius 3 is 1.80 bits per heavy atom. The van der Waals surface area contributed by atoms with Gasteiger partial charge in [0, 0.05) is 23.8 Å². The second-order valence-corrected chi connectivity index (χ2v) is 5.83. The fourth-order valence-electron chi connectivity index (χ4n) is 1.70. The van der Waals surface area contributed by atoms with Crippen LogP contribution in [0.5, 0.6) is 0 Å². The van der Waals surface area contributed by atoms with Crippen molar-refractivity contribution in [2.75, 3.05) is 0 Å². The number of rotatable bonds is 2. The lowest BCUT2D eigenvalue weighted by atomic mass is 10.1. The third kappa shape index (κ3) is 5.52. The van der Waals surface area contributed by atoms with Crippen molar-refractivity contribution in [2.45, 2.75) is 53.4 Å². The molecule has 2 aromatic heterocycles. The van der Waals surface area contributed by atoms with Crippen LogP contribution in [0.2, 0.25) is 0 Å². The molecule has 2 heteroatoms. The molecule has 0 fully saturated rings. The highest BCUT2D eigenvalue weighted by Crippen LogP contribution is 2.11. The van der Waals surface area contributed by atoms with Crippen molar-refractivity contribution < 1.29 is 0 Å². The Balaban J connectivity index is 0.000000200. The average Bonchev–Trinajstić information content (AvgIpc) is 2.40. The second-order valence-electron chi connectivity index (χ2n) is 5.83. The Bertz CT molecular complexity index is 513. The van der Waals surface area contributed by atoms with Crippen molar-refractivity contribution in [1.29, 1.82) is 0 Å². The monoisotopic (exact) mass is 270 g/mol. The van der Waals surface area contributed by atoms with E-state index in [1.54, 1.807) is 0 Å². The summed E-state index contributed by atoms with van der Waals surface area (Å²) in [5.41, 5.74) is 4.87. The molecule has 0 aliphatic carbocycles. The Labute approximate surface area is 123 Å². The van der Waals surface area contributed by atoms with Gasteiger partial charge in [-0.1, -0.05) is 33.8 Å². The number of aryl methyl sites for hydroxylation is 2. The standard InChI is InChI=1S/2C9H13N/c1-7(2)9-6-8(3)4-5-10-9;1-7(2)9-5-4-8(3)6-10-9/h2*4-7H,1-3H3. The molecule has 2 aromatic rings. The maximum Gasteiger partial charge on any atom is 0.0431 e. The molecule has 0 bridgehead atoms. The van der Waals surface area contributed by atoms with E-state index < -0.39 is 0 Å². The second kappa shape index (κ2) is 7.78. The van der Waals surface area contributed by atoms with Crippen LogP contribution in [0, 0.1) is 13.8 Å². The van der Waals surface area contributed by atoms with E-state index in [4.69, 9.17) is 0 Å². The molecule has 108 valence electrons. The molecule has 0 radical (unpaired) electrons. The van der Waals surface area contributed by atoms with E-state index in [0.717, 1.165) is 0 Å². The van der Waals surface area contributed by atoms with Crippen LogP contribution in [0.15, 0.2) is 36.7 Å². The summed E-state index contributed by atoms with van der Waals surface area (Å²) >= 11 is 0. The summed E-state index contributed by atoms with van der Waals surface area (Å²) in [7, 11) is 0. The van der Waals surface area contributed by atoms with Crippen LogP contribution >= 0.6 is 0 Å². The van der Waals surface area contributed by atoms with Crippen LogP contribution in [0.3, 0.4) is 0 Å². The Hall–Kier alpha value is -1.70. The minimum Gasteiger partial charge on any atom is -0.261 e. The first-order chi connectivity index (χ1) is 9.40. The minimum atomic E-state index is 0.542. The van der Waals surface area contributed by atoms with E-state index >= 15 is 0 Å². The maximum absolute atomic E-state index is 4.28. The number of nitrogens with zero attached hydrogens (tertiary/aromatic N) is 2. The van der Waals surface area contributed by atoms with Crippen LogP contribution < -0.4 is 0 Å². The van der Waals surface area contributed by atoms with Gasteiger partial charge in [0.05, 0.1) is 0 Å². The summed E-state index contributed by atoms with van der Waals surface area (Å²) < 4.78 is 0. The highest BCUT2D eigenvalue weighted by molar-refractivity contribution is 5.16. The summed E-state index contributed by atoms with van der Waals surface area (Å²) in [4.78, 5) is 8.52. The first-order valence-electron chi connectivity index (χ1n) is 7.25. The molecule has 0 amide bonds. The van der Waals surface area contributed by atoms with Crippen LogP contribution in [0.25, 0.3) is 0 Å². The van der Waals surface area contributed by atoms with Crippen molar-refractivity contribution in [3.63, 3.8) is 0 Å². The predicted molar refractivity (Wildman–Crippen MR) is 86.1 cm³/mol. The lowest BCUT2D eigenvalue weighted by molar-refractivity contribution is 0.820. The van der Waals surface area contributed by atoms with E-state index in [9.17, 15) is 0 Å². The van der Waals surface area contributed by atoms with Gasteiger partial charge in [0.2, 0.25) is 0 Å². The van der Waals surface area contributed by atoms with Crippen LogP contribution in [-0.2, 0) is 0 Å². The molecule has 2 heterocycles. The largest absolute Gasteiger partial charge is 0.261 e. The zero-order valence-corrected chi connectivity index (χ0v) is 13.5. The molecule has 2 nitrogen and oxygen atoms in total. The first kappa shape index (κ1) is 16.4. The minimum absolute atomic E-state index is 0.542. The molecule has 0 saturated carbocycles. The third-order valence-electron chi connectivity index (χ3n) is 3.05. The van der Waals surface area contributed by atoms with Gasteiger partial charge in [-0.05, 0) is 55.0 Å². The molecular weight excluding hydrogens is 244 g/mol. The summed E-state index contributed by atoms with van der Waals surface area (Å²) in [6.45, 7) is 12.8. The topological polar surface area (TPSA) is 25.8 Å². The first-order valence-corrected chi connectivity index (χ1v) is 7.25. The Morgan fingerprint density at radius 2 is 1.40 bits per heavy atom. The van der Waals surface area contributed by atoms with Crippen LogP contribution in [-0.4, -0.2) is 9.97 Å². The van der Waals surface area contributed by atoms with E-state index in [1.165, 1.54) is 22.5 Å². The lowest BCUT2D eigenvalue weighted by Crippen LogP contribution is -1.91. The summed E-state index contributed by atoms with van der Waals surface area (Å²) in [6, 6.07) is 8.33. The normalized spacial score (nSPS) is 10.4. The molecule has 0 unspecified atom stereocenters. The average molecular weight is 270 g/mol. The zero-order chi connectivity index (χ0) is 15.1. The molecule has 0 spiro atoms. The zero-order valence-electron chi connectivity index (χ0n) is 13.5. The number of hydrogen-bond acceptors (Lipinski definition) is 2. The van der Waals surface area contributed by atoms with Crippen LogP contribution in [0.1, 0.15) is 62.0 Å². The highest BCUT2D eigenvalue weighted by Gasteiger charge is 1.98. The van der Waals surface area contributed by atoms with Gasteiger partial charge >= 0.3 is 0 Å². The van der Waals surface area contributed by atoms with Gasteiger partial charge in [-0.3, -0.25) is 9.97 Å². The Morgan fingerprint density at radius 1 is 0.750 bits per heavy atom. The fourth-order valence-corrected chi connectivity index (χ4v) is 1.70. The van der Waals surface area contributed by atoms with Gasteiger partial charge < -0.3 is 0 Å². The molecule has 0 saturated heterocycles. The van der Waals surface area contributed by atoms with Crippen molar-refractivity contribution in [1.82, 2.24) is 9.97 Å². The number of aromatic nitrogens is 2. The highest BCUT2D eigenvalue weighted by atomic mass is 14.7. The van der Waals surface area contributed by atoms with Crippen molar-refractivity contribution in [2.24, 2.45) is 0 Å². The van der Waals surface area contributed by atoms with Crippen molar-refractivity contribution in [3.8, 4) is 0 Å². The van der Waals surface area contributed by atoms with Crippen molar-refractivity contribution in [3.05, 3.63) is 59.2 Å². The van der Waals surface area contributed by atoms with Gasteiger partial charge in [0.15, 0.2) is 0 Å². The third-order valence-corrected chi connectivity index (χ3v) is 3.05. The van der Waals surface area contributed by atoms with Gasteiger partial charge in [-0.15, -0.1) is 0 Å². The molecule has 0 aromatic carbocycles. The van der Waals surface area contributed by atoms with Gasteiger partial charge in [-0.25, -0.2) is 0 Å².